The maximum atomic E-state index is 10.6. The van der Waals surface area contributed by atoms with Crippen molar-refractivity contribution in [3.8, 4) is 0 Å². The third-order valence-electron chi connectivity index (χ3n) is 1.97. The van der Waals surface area contributed by atoms with E-state index >= 15 is 0 Å². The highest BCUT2D eigenvalue weighted by Crippen LogP contribution is 2.41. The molecule has 0 aliphatic rings. The van der Waals surface area contributed by atoms with E-state index in [1.54, 1.807) is 0 Å². The zero-order valence-electron chi connectivity index (χ0n) is 10.6. The van der Waals surface area contributed by atoms with E-state index in [2.05, 4.69) is 0 Å². The highest BCUT2D eigenvalue weighted by molar-refractivity contribution is 9.09. The topological polar surface area (TPSA) is 109 Å². The van der Waals surface area contributed by atoms with Gasteiger partial charge in [-0.15, -0.1) is 0 Å². The van der Waals surface area contributed by atoms with E-state index < -0.39 is 20.2 Å². The van der Waals surface area contributed by atoms with Crippen LogP contribution in [0.15, 0.2) is 0 Å². The van der Waals surface area contributed by atoms with Crippen LogP contribution in [0.2, 0.25) is 0 Å². The zero-order valence-corrected chi connectivity index (χ0v) is 14.6. The molecule has 0 rings (SSSR count). The molecule has 11 heteroatoms. The summed E-state index contributed by atoms with van der Waals surface area (Å²) in [6, 6.07) is 0. The maximum Gasteiger partial charge on any atom is 0.264 e. The highest BCUT2D eigenvalue weighted by atomic mass is 33.5. The van der Waals surface area contributed by atoms with Crippen LogP contribution < -0.4 is 0 Å². The summed E-state index contributed by atoms with van der Waals surface area (Å²) < 4.78 is 59.4. The lowest BCUT2D eigenvalue weighted by atomic mass is 10.4. The molecule has 116 valence electrons. The predicted octanol–water partition coefficient (Wildman–Crippen LogP) is 2.35. The van der Waals surface area contributed by atoms with Crippen molar-refractivity contribution < 1.29 is 25.9 Å². The largest absolute Gasteiger partial charge is 0.286 e. The molecule has 0 saturated carbocycles. The van der Waals surface area contributed by atoms with Crippen LogP contribution in [0.5, 0.6) is 0 Å². The Balaban J connectivity index is 3.72. The van der Waals surface area contributed by atoms with Crippen LogP contribution in [-0.4, -0.2) is 47.9 Å². The molecule has 0 aliphatic heterocycles. The molecule has 0 radical (unpaired) electrons. The Bertz CT molecular complexity index is 402. The molecule has 0 heterocycles. The number of rotatable bonds is 10. The van der Waals surface area contributed by atoms with Gasteiger partial charge in [-0.25, -0.2) is 0 Å². The maximum absolute atomic E-state index is 10.6. The molecule has 0 bridgehead atoms. The number of hydrogen-bond acceptors (Lipinski definition) is 7. The summed E-state index contributed by atoms with van der Waals surface area (Å²) in [5, 5.41) is 0.126. The molecule has 6 nitrogen and oxygen atoms in total. The molecule has 0 aliphatic carbocycles. The summed E-state index contributed by atoms with van der Waals surface area (Å²) >= 11 is 0. The molecule has 0 fully saturated rings. The standard InChI is InChI=1S/C8H18O6S5/c1-7(3-5-18(9,10)11)15-17-16-8(2)4-6-19(12,13)14/h7-8H,3-6H2,1-2H3,(H,9,10,11)(H,12,13,14). The van der Waals surface area contributed by atoms with Crippen LogP contribution in [0.4, 0.5) is 0 Å². The van der Waals surface area contributed by atoms with Gasteiger partial charge in [-0.1, -0.05) is 35.4 Å². The molecule has 0 aromatic heterocycles. The van der Waals surface area contributed by atoms with Gasteiger partial charge in [-0.3, -0.25) is 9.11 Å². The fourth-order valence-corrected chi connectivity index (χ4v) is 7.57. The van der Waals surface area contributed by atoms with Gasteiger partial charge in [0.25, 0.3) is 20.2 Å². The third kappa shape index (κ3) is 15.1. The zero-order chi connectivity index (χ0) is 15.1. The van der Waals surface area contributed by atoms with Crippen LogP contribution in [0.25, 0.3) is 0 Å². The molecule has 19 heavy (non-hydrogen) atoms. The normalized spacial score (nSPS) is 16.2. The van der Waals surface area contributed by atoms with Gasteiger partial charge in [0, 0.05) is 10.5 Å². The van der Waals surface area contributed by atoms with Gasteiger partial charge < -0.3 is 0 Å². The Kier molecular flexibility index (Phi) is 9.42. The lowest BCUT2D eigenvalue weighted by Gasteiger charge is -2.11. The van der Waals surface area contributed by atoms with Crippen LogP contribution >= 0.6 is 31.4 Å². The lowest BCUT2D eigenvalue weighted by molar-refractivity contribution is 0.479. The van der Waals surface area contributed by atoms with Gasteiger partial charge in [0.15, 0.2) is 0 Å². The molecule has 0 amide bonds. The number of hydrogen-bond donors (Lipinski definition) is 2. The van der Waals surface area contributed by atoms with Gasteiger partial charge >= 0.3 is 0 Å². The van der Waals surface area contributed by atoms with Crippen LogP contribution in [0, 0.1) is 0 Å². The molecule has 0 aromatic carbocycles. The van der Waals surface area contributed by atoms with Gasteiger partial charge in [-0.05, 0) is 22.7 Å². The minimum Gasteiger partial charge on any atom is -0.286 e. The monoisotopic (exact) mass is 370 g/mol. The minimum absolute atomic E-state index is 0.0631. The Morgan fingerprint density at radius 1 is 0.842 bits per heavy atom. The smallest absolute Gasteiger partial charge is 0.264 e. The van der Waals surface area contributed by atoms with E-state index in [1.165, 1.54) is 31.4 Å². The van der Waals surface area contributed by atoms with Crippen molar-refractivity contribution in [2.75, 3.05) is 11.5 Å². The van der Waals surface area contributed by atoms with Crippen LogP contribution in [-0.2, 0) is 20.2 Å². The van der Waals surface area contributed by atoms with E-state index in [9.17, 15) is 16.8 Å². The van der Waals surface area contributed by atoms with Crippen molar-refractivity contribution in [2.24, 2.45) is 0 Å². The van der Waals surface area contributed by atoms with E-state index in [-0.39, 0.29) is 22.0 Å². The molecule has 2 unspecified atom stereocenters. The Hall–Kier alpha value is 0.870. The minimum atomic E-state index is -3.91. The first-order valence-corrected chi connectivity index (χ1v) is 12.2. The van der Waals surface area contributed by atoms with Gasteiger partial charge in [0.05, 0.1) is 11.5 Å². The third-order valence-corrected chi connectivity index (χ3v) is 8.62. The Morgan fingerprint density at radius 2 is 1.16 bits per heavy atom. The van der Waals surface area contributed by atoms with E-state index in [4.69, 9.17) is 9.11 Å². The summed E-state index contributed by atoms with van der Waals surface area (Å²) in [5.41, 5.74) is 0. The quantitative estimate of drug-likeness (QED) is 0.442. The molecule has 0 aromatic rings. The lowest BCUT2D eigenvalue weighted by Crippen LogP contribution is -2.09. The van der Waals surface area contributed by atoms with E-state index in [1.807, 2.05) is 13.8 Å². The fraction of sp³-hybridized carbons (Fsp3) is 1.00. The Labute approximate surface area is 126 Å². The first kappa shape index (κ1) is 19.9. The van der Waals surface area contributed by atoms with Gasteiger partial charge in [0.1, 0.15) is 0 Å². The average Bonchev–Trinajstić information content (AvgIpc) is 2.22. The molecule has 0 saturated heterocycles. The van der Waals surface area contributed by atoms with Crippen LogP contribution in [0.1, 0.15) is 26.7 Å². The summed E-state index contributed by atoms with van der Waals surface area (Å²) in [4.78, 5) is 0. The summed E-state index contributed by atoms with van der Waals surface area (Å²) in [5.74, 6) is -0.518. The highest BCUT2D eigenvalue weighted by Gasteiger charge is 2.13. The van der Waals surface area contributed by atoms with Crippen molar-refractivity contribution in [3.63, 3.8) is 0 Å². The van der Waals surface area contributed by atoms with Crippen molar-refractivity contribution in [3.05, 3.63) is 0 Å². The summed E-state index contributed by atoms with van der Waals surface area (Å²) in [6.07, 6.45) is 0.715. The molecule has 2 atom stereocenters. The van der Waals surface area contributed by atoms with E-state index in [0.29, 0.717) is 12.8 Å². The first-order chi connectivity index (χ1) is 8.49. The SMILES string of the molecule is CC(CCS(=O)(=O)O)SSSC(C)CCS(=O)(=O)O. The second kappa shape index (κ2) is 9.00. The van der Waals surface area contributed by atoms with Crippen molar-refractivity contribution in [1.82, 2.24) is 0 Å². The van der Waals surface area contributed by atoms with Gasteiger partial charge in [0.2, 0.25) is 0 Å². The first-order valence-electron chi connectivity index (χ1n) is 5.39. The molecule has 2 N–H and O–H groups in total. The fourth-order valence-electron chi connectivity index (χ4n) is 0.883. The summed E-state index contributed by atoms with van der Waals surface area (Å²) in [7, 11) is -3.43. The van der Waals surface area contributed by atoms with Gasteiger partial charge in [-0.2, -0.15) is 16.8 Å². The molecular formula is C8H18O6S5. The predicted molar refractivity (Wildman–Crippen MR) is 83.8 cm³/mol. The summed E-state index contributed by atoms with van der Waals surface area (Å²) in [6.45, 7) is 3.71. The van der Waals surface area contributed by atoms with Crippen LogP contribution in [0.3, 0.4) is 0 Å². The van der Waals surface area contributed by atoms with E-state index in [0.717, 1.165) is 0 Å². The van der Waals surface area contributed by atoms with Crippen molar-refractivity contribution in [2.45, 2.75) is 37.2 Å². The second-order valence-electron chi connectivity index (χ2n) is 4.03. The average molecular weight is 371 g/mol. The Morgan fingerprint density at radius 3 is 1.42 bits per heavy atom. The molecule has 0 spiro atoms. The van der Waals surface area contributed by atoms with Crippen molar-refractivity contribution in [1.29, 1.82) is 0 Å². The second-order valence-corrected chi connectivity index (χ2v) is 12.1. The molecular weight excluding hydrogens is 352 g/mol. The van der Waals surface area contributed by atoms with Crippen molar-refractivity contribution >= 4 is 51.6 Å².